The second-order valence-electron chi connectivity index (χ2n) is 3.80. The van der Waals surface area contributed by atoms with E-state index < -0.39 is 0 Å². The van der Waals surface area contributed by atoms with E-state index in [0.717, 1.165) is 36.0 Å². The third-order valence-electron chi connectivity index (χ3n) is 2.63. The molecule has 82 valence electrons. The Morgan fingerprint density at radius 2 is 2.00 bits per heavy atom. The second-order valence-corrected chi connectivity index (χ2v) is 4.71. The Morgan fingerprint density at radius 3 is 2.67 bits per heavy atom. The monoisotopic (exact) mass is 270 g/mol. The molecule has 2 N–H and O–H groups in total. The first-order valence-electron chi connectivity index (χ1n) is 5.27. The summed E-state index contributed by atoms with van der Waals surface area (Å²) in [6.45, 7) is 3.24. The quantitative estimate of drug-likeness (QED) is 0.877. The number of rotatable bonds is 3. The van der Waals surface area contributed by atoms with Gasteiger partial charge in [0, 0.05) is 18.9 Å². The zero-order chi connectivity index (χ0) is 10.5. The summed E-state index contributed by atoms with van der Waals surface area (Å²) in [5, 5.41) is 6.63. The van der Waals surface area contributed by atoms with Crippen molar-refractivity contribution in [3.05, 3.63) is 16.9 Å². The summed E-state index contributed by atoms with van der Waals surface area (Å²) in [6.07, 6.45) is 6.00. The van der Waals surface area contributed by atoms with Gasteiger partial charge in [-0.2, -0.15) is 0 Å². The van der Waals surface area contributed by atoms with Crippen LogP contribution in [0.5, 0.6) is 0 Å². The van der Waals surface area contributed by atoms with E-state index in [1.165, 1.54) is 12.8 Å². The number of hydrogen-bond acceptors (Lipinski definition) is 4. The van der Waals surface area contributed by atoms with Crippen LogP contribution in [0.2, 0.25) is 0 Å². The first-order valence-corrected chi connectivity index (χ1v) is 6.06. The largest absolute Gasteiger partial charge is 0.354 e. The van der Waals surface area contributed by atoms with Gasteiger partial charge in [0.1, 0.15) is 0 Å². The van der Waals surface area contributed by atoms with Gasteiger partial charge in [0.05, 0.1) is 4.47 Å². The molecule has 0 amide bonds. The van der Waals surface area contributed by atoms with Gasteiger partial charge in [0.2, 0.25) is 5.95 Å². The summed E-state index contributed by atoms with van der Waals surface area (Å²) in [5.41, 5.74) is 0. The molecular formula is C10H15BrN4. The zero-order valence-electron chi connectivity index (χ0n) is 8.54. The van der Waals surface area contributed by atoms with E-state index in [-0.39, 0.29) is 0 Å². The standard InChI is InChI=1S/C10H15BrN4/c11-9-6-14-10(15-7-9)13-5-8-1-3-12-4-2-8/h6-8,12H,1-5H2,(H,13,14,15). The highest BCUT2D eigenvalue weighted by molar-refractivity contribution is 9.10. The smallest absolute Gasteiger partial charge is 0.222 e. The van der Waals surface area contributed by atoms with Crippen molar-refractivity contribution in [3.63, 3.8) is 0 Å². The number of anilines is 1. The van der Waals surface area contributed by atoms with Gasteiger partial charge in [0.25, 0.3) is 0 Å². The summed E-state index contributed by atoms with van der Waals surface area (Å²) in [6, 6.07) is 0. The van der Waals surface area contributed by atoms with Crippen LogP contribution in [0.25, 0.3) is 0 Å². The molecule has 5 heteroatoms. The predicted molar refractivity (Wildman–Crippen MR) is 63.8 cm³/mol. The molecular weight excluding hydrogens is 256 g/mol. The highest BCUT2D eigenvalue weighted by Gasteiger charge is 2.12. The van der Waals surface area contributed by atoms with E-state index in [2.05, 4.69) is 36.5 Å². The molecule has 0 atom stereocenters. The minimum Gasteiger partial charge on any atom is -0.354 e. The summed E-state index contributed by atoms with van der Waals surface area (Å²) in [5.74, 6) is 1.47. The van der Waals surface area contributed by atoms with Crippen molar-refractivity contribution in [3.8, 4) is 0 Å². The lowest BCUT2D eigenvalue weighted by molar-refractivity contribution is 0.389. The Hall–Kier alpha value is -0.680. The Labute approximate surface area is 98.0 Å². The maximum absolute atomic E-state index is 4.18. The molecule has 0 unspecified atom stereocenters. The Kier molecular flexibility index (Phi) is 3.91. The lowest BCUT2D eigenvalue weighted by Crippen LogP contribution is -2.31. The number of halogens is 1. The highest BCUT2D eigenvalue weighted by atomic mass is 79.9. The van der Waals surface area contributed by atoms with E-state index in [1.54, 1.807) is 12.4 Å². The van der Waals surface area contributed by atoms with Crippen molar-refractivity contribution in [1.82, 2.24) is 15.3 Å². The SMILES string of the molecule is Brc1cnc(NCC2CCNCC2)nc1. The lowest BCUT2D eigenvalue weighted by atomic mass is 9.98. The van der Waals surface area contributed by atoms with Crippen LogP contribution in [-0.4, -0.2) is 29.6 Å². The zero-order valence-corrected chi connectivity index (χ0v) is 10.1. The Bertz CT molecular complexity index is 295. The minimum atomic E-state index is 0.719. The molecule has 15 heavy (non-hydrogen) atoms. The van der Waals surface area contributed by atoms with Gasteiger partial charge in [-0.25, -0.2) is 9.97 Å². The van der Waals surface area contributed by atoms with Gasteiger partial charge in [-0.3, -0.25) is 0 Å². The first-order chi connectivity index (χ1) is 7.34. The Morgan fingerprint density at radius 1 is 1.33 bits per heavy atom. The van der Waals surface area contributed by atoms with Crippen molar-refractivity contribution in [2.45, 2.75) is 12.8 Å². The van der Waals surface area contributed by atoms with Gasteiger partial charge >= 0.3 is 0 Å². The normalized spacial score (nSPS) is 17.7. The van der Waals surface area contributed by atoms with Crippen molar-refractivity contribution >= 4 is 21.9 Å². The maximum Gasteiger partial charge on any atom is 0.222 e. The molecule has 4 nitrogen and oxygen atoms in total. The van der Waals surface area contributed by atoms with E-state index in [4.69, 9.17) is 0 Å². The van der Waals surface area contributed by atoms with Gasteiger partial charge in [-0.1, -0.05) is 0 Å². The van der Waals surface area contributed by atoms with Crippen LogP contribution in [0.1, 0.15) is 12.8 Å². The minimum absolute atomic E-state index is 0.719. The third kappa shape index (κ3) is 3.43. The van der Waals surface area contributed by atoms with Crippen LogP contribution >= 0.6 is 15.9 Å². The number of aromatic nitrogens is 2. The molecule has 0 radical (unpaired) electrons. The topological polar surface area (TPSA) is 49.8 Å². The van der Waals surface area contributed by atoms with Gasteiger partial charge in [-0.05, 0) is 47.8 Å². The first kappa shape index (κ1) is 10.8. The van der Waals surface area contributed by atoms with E-state index in [0.29, 0.717) is 0 Å². The van der Waals surface area contributed by atoms with Crippen molar-refractivity contribution in [2.75, 3.05) is 25.0 Å². The average Bonchev–Trinajstić information content (AvgIpc) is 2.30. The van der Waals surface area contributed by atoms with Crippen molar-refractivity contribution in [1.29, 1.82) is 0 Å². The number of hydrogen-bond donors (Lipinski definition) is 2. The third-order valence-corrected chi connectivity index (χ3v) is 3.04. The van der Waals surface area contributed by atoms with E-state index in [9.17, 15) is 0 Å². The molecule has 0 spiro atoms. The molecule has 1 aromatic heterocycles. The predicted octanol–water partition coefficient (Wildman–Crippen LogP) is 1.65. The summed E-state index contributed by atoms with van der Waals surface area (Å²) in [7, 11) is 0. The summed E-state index contributed by atoms with van der Waals surface area (Å²) < 4.78 is 0.912. The number of piperidine rings is 1. The van der Waals surface area contributed by atoms with Crippen LogP contribution in [0.15, 0.2) is 16.9 Å². The van der Waals surface area contributed by atoms with Gasteiger partial charge in [0.15, 0.2) is 0 Å². The van der Waals surface area contributed by atoms with Gasteiger partial charge in [-0.15, -0.1) is 0 Å². The maximum atomic E-state index is 4.18. The fraction of sp³-hybridized carbons (Fsp3) is 0.600. The fourth-order valence-corrected chi connectivity index (χ4v) is 1.93. The van der Waals surface area contributed by atoms with Crippen molar-refractivity contribution in [2.24, 2.45) is 5.92 Å². The van der Waals surface area contributed by atoms with Crippen LogP contribution in [0.4, 0.5) is 5.95 Å². The van der Waals surface area contributed by atoms with Crippen LogP contribution in [0.3, 0.4) is 0 Å². The molecule has 0 saturated carbocycles. The Balaban J connectivity index is 1.79. The fourth-order valence-electron chi connectivity index (χ4n) is 1.73. The summed E-state index contributed by atoms with van der Waals surface area (Å²) in [4.78, 5) is 8.36. The molecule has 1 saturated heterocycles. The number of nitrogens with one attached hydrogen (secondary N) is 2. The lowest BCUT2D eigenvalue weighted by Gasteiger charge is -2.22. The van der Waals surface area contributed by atoms with Crippen LogP contribution < -0.4 is 10.6 Å². The molecule has 2 rings (SSSR count). The molecule has 0 aliphatic carbocycles. The number of nitrogens with zero attached hydrogens (tertiary/aromatic N) is 2. The van der Waals surface area contributed by atoms with Crippen molar-refractivity contribution < 1.29 is 0 Å². The van der Waals surface area contributed by atoms with E-state index in [1.807, 2.05) is 0 Å². The second kappa shape index (κ2) is 5.42. The van der Waals surface area contributed by atoms with Crippen LogP contribution in [0, 0.1) is 5.92 Å². The molecule has 1 aromatic rings. The molecule has 2 heterocycles. The molecule has 0 bridgehead atoms. The summed E-state index contributed by atoms with van der Waals surface area (Å²) >= 11 is 3.31. The van der Waals surface area contributed by atoms with Crippen LogP contribution in [-0.2, 0) is 0 Å². The average molecular weight is 271 g/mol. The highest BCUT2D eigenvalue weighted by Crippen LogP contribution is 2.12. The molecule has 1 fully saturated rings. The molecule has 1 aliphatic heterocycles. The van der Waals surface area contributed by atoms with Gasteiger partial charge < -0.3 is 10.6 Å². The molecule has 0 aromatic carbocycles. The van der Waals surface area contributed by atoms with E-state index >= 15 is 0 Å². The molecule has 1 aliphatic rings.